The summed E-state index contributed by atoms with van der Waals surface area (Å²) in [5, 5.41) is 2.98. The van der Waals surface area contributed by atoms with Gasteiger partial charge in [0.15, 0.2) is 0 Å². The smallest absolute Gasteiger partial charge is 0.222 e. The lowest BCUT2D eigenvalue weighted by Gasteiger charge is -2.17. The molecule has 0 bridgehead atoms. The monoisotopic (exact) mass is 288 g/mol. The zero-order valence-electron chi connectivity index (χ0n) is 12.5. The molecular weight excluding hydrogens is 264 g/mol. The zero-order chi connectivity index (χ0) is 14.5. The molecule has 0 spiro atoms. The lowest BCUT2D eigenvalue weighted by atomic mass is 10.1. The van der Waals surface area contributed by atoms with Crippen LogP contribution in [-0.2, 0) is 16.1 Å². The van der Waals surface area contributed by atoms with Gasteiger partial charge in [-0.2, -0.15) is 0 Å². The zero-order valence-corrected chi connectivity index (χ0v) is 12.5. The predicted octanol–water partition coefficient (Wildman–Crippen LogP) is 2.47. The molecule has 3 rings (SSSR count). The van der Waals surface area contributed by atoms with Crippen molar-refractivity contribution in [3.63, 3.8) is 0 Å². The minimum Gasteiger partial charge on any atom is -0.378 e. The van der Waals surface area contributed by atoms with Crippen LogP contribution in [0.1, 0.15) is 37.7 Å². The van der Waals surface area contributed by atoms with Crippen molar-refractivity contribution in [3.8, 4) is 0 Å². The van der Waals surface area contributed by atoms with E-state index < -0.39 is 0 Å². The first-order valence-electron chi connectivity index (χ1n) is 8.03. The molecule has 2 aliphatic heterocycles. The number of carbonyl (C=O) groups is 1. The first-order valence-corrected chi connectivity index (χ1v) is 8.03. The van der Waals surface area contributed by atoms with E-state index in [0.717, 1.165) is 38.1 Å². The molecule has 1 N–H and O–H groups in total. The van der Waals surface area contributed by atoms with Crippen molar-refractivity contribution in [2.24, 2.45) is 0 Å². The molecule has 0 radical (unpaired) electrons. The number of hydrogen-bond donors (Lipinski definition) is 1. The van der Waals surface area contributed by atoms with Crippen LogP contribution in [0.25, 0.3) is 0 Å². The van der Waals surface area contributed by atoms with Crippen molar-refractivity contribution >= 4 is 11.6 Å². The first kappa shape index (κ1) is 14.4. The summed E-state index contributed by atoms with van der Waals surface area (Å²) < 4.78 is 5.48. The normalized spacial score (nSPS) is 21.7. The number of hydrogen-bond acceptors (Lipinski definition) is 3. The summed E-state index contributed by atoms with van der Waals surface area (Å²) in [6, 6.07) is 8.54. The maximum Gasteiger partial charge on any atom is 0.222 e. The Morgan fingerprint density at radius 2 is 1.95 bits per heavy atom. The van der Waals surface area contributed by atoms with Gasteiger partial charge in [0.05, 0.1) is 12.5 Å². The number of nitrogens with zero attached hydrogens (tertiary/aromatic N) is 1. The highest BCUT2D eigenvalue weighted by Crippen LogP contribution is 2.20. The van der Waals surface area contributed by atoms with Gasteiger partial charge in [0, 0.05) is 31.9 Å². The Labute approximate surface area is 126 Å². The topological polar surface area (TPSA) is 41.6 Å². The number of carbonyl (C=O) groups excluding carboxylic acids is 1. The van der Waals surface area contributed by atoms with Crippen LogP contribution in [0.5, 0.6) is 0 Å². The van der Waals surface area contributed by atoms with Crippen LogP contribution in [0.2, 0.25) is 0 Å². The lowest BCUT2D eigenvalue weighted by molar-refractivity contribution is -0.123. The van der Waals surface area contributed by atoms with Crippen LogP contribution >= 0.6 is 0 Å². The van der Waals surface area contributed by atoms with E-state index in [2.05, 4.69) is 34.5 Å². The van der Waals surface area contributed by atoms with E-state index in [1.165, 1.54) is 18.5 Å². The average molecular weight is 288 g/mol. The average Bonchev–Trinajstić information content (AvgIpc) is 3.19. The molecule has 2 aliphatic rings. The van der Waals surface area contributed by atoms with Crippen LogP contribution in [0.15, 0.2) is 24.3 Å². The van der Waals surface area contributed by atoms with Crippen molar-refractivity contribution in [3.05, 3.63) is 29.8 Å². The molecular formula is C17H24N2O2. The number of rotatable bonds is 5. The molecule has 4 heteroatoms. The van der Waals surface area contributed by atoms with Gasteiger partial charge in [-0.25, -0.2) is 0 Å². The second-order valence-corrected chi connectivity index (χ2v) is 5.98. The van der Waals surface area contributed by atoms with E-state index in [-0.39, 0.29) is 12.0 Å². The molecule has 2 saturated heterocycles. The van der Waals surface area contributed by atoms with Gasteiger partial charge in [0.25, 0.3) is 0 Å². The summed E-state index contributed by atoms with van der Waals surface area (Å²) in [6.45, 7) is 3.73. The van der Waals surface area contributed by atoms with E-state index in [1.807, 2.05) is 0 Å². The van der Waals surface area contributed by atoms with Crippen LogP contribution in [0.3, 0.4) is 0 Å². The third-order valence-electron chi connectivity index (χ3n) is 4.33. The van der Waals surface area contributed by atoms with Gasteiger partial charge < -0.3 is 15.0 Å². The van der Waals surface area contributed by atoms with Crippen LogP contribution < -0.4 is 10.2 Å². The molecule has 1 atom stereocenters. The highest BCUT2D eigenvalue weighted by atomic mass is 16.5. The Hall–Kier alpha value is -1.55. The van der Waals surface area contributed by atoms with Crippen molar-refractivity contribution in [2.45, 2.75) is 44.8 Å². The quantitative estimate of drug-likeness (QED) is 0.905. The molecule has 1 amide bonds. The Kier molecular flexibility index (Phi) is 4.76. The van der Waals surface area contributed by atoms with Gasteiger partial charge in [-0.1, -0.05) is 12.1 Å². The van der Waals surface area contributed by atoms with Crippen molar-refractivity contribution in [1.82, 2.24) is 5.32 Å². The first-order chi connectivity index (χ1) is 10.3. The van der Waals surface area contributed by atoms with E-state index in [0.29, 0.717) is 13.0 Å². The van der Waals surface area contributed by atoms with Gasteiger partial charge >= 0.3 is 0 Å². The summed E-state index contributed by atoms with van der Waals surface area (Å²) in [6.07, 6.45) is 5.30. The lowest BCUT2D eigenvalue weighted by Crippen LogP contribution is -2.26. The molecule has 2 fully saturated rings. The molecule has 114 valence electrons. The van der Waals surface area contributed by atoms with Crippen LogP contribution in [0.4, 0.5) is 5.69 Å². The van der Waals surface area contributed by atoms with Gasteiger partial charge in [0.2, 0.25) is 5.91 Å². The Morgan fingerprint density at radius 1 is 1.19 bits per heavy atom. The van der Waals surface area contributed by atoms with Crippen molar-refractivity contribution < 1.29 is 9.53 Å². The van der Waals surface area contributed by atoms with Crippen LogP contribution in [-0.4, -0.2) is 31.7 Å². The van der Waals surface area contributed by atoms with Gasteiger partial charge in [-0.3, -0.25) is 4.79 Å². The Morgan fingerprint density at radius 3 is 2.62 bits per heavy atom. The Balaban J connectivity index is 1.45. The standard InChI is InChI=1S/C17H24N2O2/c20-17(12-16-4-3-11-21-16)18-13-14-5-7-15(8-6-14)19-9-1-2-10-19/h5-8,16H,1-4,9-13H2,(H,18,20). The predicted molar refractivity (Wildman–Crippen MR) is 83.3 cm³/mol. The number of ether oxygens (including phenoxy) is 1. The highest BCUT2D eigenvalue weighted by molar-refractivity contribution is 5.76. The molecule has 21 heavy (non-hydrogen) atoms. The fourth-order valence-corrected chi connectivity index (χ4v) is 3.08. The van der Waals surface area contributed by atoms with E-state index in [9.17, 15) is 4.79 Å². The van der Waals surface area contributed by atoms with E-state index >= 15 is 0 Å². The SMILES string of the molecule is O=C(CC1CCCO1)NCc1ccc(N2CCCC2)cc1. The highest BCUT2D eigenvalue weighted by Gasteiger charge is 2.18. The van der Waals surface area contributed by atoms with Crippen LogP contribution in [0, 0.1) is 0 Å². The maximum absolute atomic E-state index is 11.8. The third kappa shape index (κ3) is 3.97. The number of anilines is 1. The molecule has 0 aromatic heterocycles. The molecule has 1 aromatic rings. The molecule has 1 aromatic carbocycles. The number of nitrogens with one attached hydrogen (secondary N) is 1. The fraction of sp³-hybridized carbons (Fsp3) is 0.588. The van der Waals surface area contributed by atoms with Gasteiger partial charge in [-0.05, 0) is 43.4 Å². The second-order valence-electron chi connectivity index (χ2n) is 5.98. The fourth-order valence-electron chi connectivity index (χ4n) is 3.08. The summed E-state index contributed by atoms with van der Waals surface area (Å²) in [5.41, 5.74) is 2.44. The summed E-state index contributed by atoms with van der Waals surface area (Å²) in [5.74, 6) is 0.0884. The minimum atomic E-state index is 0.0884. The van der Waals surface area contributed by atoms with Crippen molar-refractivity contribution in [1.29, 1.82) is 0 Å². The Bertz CT molecular complexity index is 460. The van der Waals surface area contributed by atoms with Crippen molar-refractivity contribution in [2.75, 3.05) is 24.6 Å². The summed E-state index contributed by atoms with van der Waals surface area (Å²) in [7, 11) is 0. The van der Waals surface area contributed by atoms with E-state index in [1.54, 1.807) is 0 Å². The maximum atomic E-state index is 11.8. The minimum absolute atomic E-state index is 0.0884. The number of benzene rings is 1. The third-order valence-corrected chi connectivity index (χ3v) is 4.33. The van der Waals surface area contributed by atoms with E-state index in [4.69, 9.17) is 4.74 Å². The molecule has 2 heterocycles. The molecule has 4 nitrogen and oxygen atoms in total. The summed E-state index contributed by atoms with van der Waals surface area (Å²) >= 11 is 0. The largest absolute Gasteiger partial charge is 0.378 e. The number of amides is 1. The molecule has 1 unspecified atom stereocenters. The second kappa shape index (κ2) is 6.94. The van der Waals surface area contributed by atoms with Gasteiger partial charge in [0.1, 0.15) is 0 Å². The summed E-state index contributed by atoms with van der Waals surface area (Å²) in [4.78, 5) is 14.3. The van der Waals surface area contributed by atoms with Gasteiger partial charge in [-0.15, -0.1) is 0 Å². The molecule has 0 saturated carbocycles. The molecule has 0 aliphatic carbocycles.